The van der Waals surface area contributed by atoms with Gasteiger partial charge in [0.15, 0.2) is 0 Å². The van der Waals surface area contributed by atoms with Crippen molar-refractivity contribution in [3.8, 4) is 0 Å². The Morgan fingerprint density at radius 3 is 2.59 bits per heavy atom. The fourth-order valence-electron chi connectivity index (χ4n) is 4.35. The largest absolute Gasteiger partial charge is 0.342 e. The first-order valence-electron chi connectivity index (χ1n) is 9.96. The van der Waals surface area contributed by atoms with E-state index < -0.39 is 0 Å². The van der Waals surface area contributed by atoms with E-state index in [0.29, 0.717) is 30.7 Å². The zero-order valence-corrected chi connectivity index (χ0v) is 19.1. The van der Waals surface area contributed by atoms with Gasteiger partial charge < -0.3 is 10.6 Å². The van der Waals surface area contributed by atoms with Gasteiger partial charge in [0.05, 0.1) is 10.7 Å². The van der Waals surface area contributed by atoms with Crippen LogP contribution in [0.2, 0.25) is 0 Å². The van der Waals surface area contributed by atoms with Gasteiger partial charge >= 0.3 is 0 Å². The average molecular weight is 436 g/mol. The third-order valence-corrected chi connectivity index (χ3v) is 7.15. The molecule has 1 aromatic rings. The molecule has 7 heteroatoms. The van der Waals surface area contributed by atoms with Crippen molar-refractivity contribution >= 4 is 42.1 Å². The van der Waals surface area contributed by atoms with E-state index in [2.05, 4.69) is 24.1 Å². The maximum Gasteiger partial charge on any atom is 0.223 e. The minimum Gasteiger partial charge on any atom is -0.342 e. The monoisotopic (exact) mass is 435 g/mol. The van der Waals surface area contributed by atoms with Gasteiger partial charge in [-0.1, -0.05) is 33.1 Å². The normalized spacial score (nSPS) is 22.1. The SMILES string of the molecule is CC(C)c1csc(C2CCCN(C(=O)CC3(CN)CCCCC3)C2)n1.Cl.Cl. The third-order valence-electron chi connectivity index (χ3n) is 6.13. The van der Waals surface area contributed by atoms with Gasteiger partial charge in [0.25, 0.3) is 0 Å². The van der Waals surface area contributed by atoms with Crippen molar-refractivity contribution in [1.82, 2.24) is 9.88 Å². The molecule has 27 heavy (non-hydrogen) atoms. The Hall–Kier alpha value is -0.360. The number of aromatic nitrogens is 1. The number of carbonyl (C=O) groups excluding carboxylic acids is 1. The molecule has 1 atom stereocenters. The van der Waals surface area contributed by atoms with Crippen LogP contribution in [-0.2, 0) is 4.79 Å². The van der Waals surface area contributed by atoms with Crippen LogP contribution in [0.3, 0.4) is 0 Å². The van der Waals surface area contributed by atoms with Crippen molar-refractivity contribution in [1.29, 1.82) is 0 Å². The van der Waals surface area contributed by atoms with E-state index in [1.165, 1.54) is 30.0 Å². The molecule has 4 nitrogen and oxygen atoms in total. The Bertz CT molecular complexity index is 588. The summed E-state index contributed by atoms with van der Waals surface area (Å²) in [4.78, 5) is 19.9. The molecule has 1 saturated carbocycles. The van der Waals surface area contributed by atoms with Gasteiger partial charge in [0.1, 0.15) is 0 Å². The molecule has 1 aliphatic heterocycles. The number of rotatable bonds is 5. The number of nitrogens with two attached hydrogens (primary N) is 1. The van der Waals surface area contributed by atoms with Crippen LogP contribution in [0, 0.1) is 5.41 Å². The summed E-state index contributed by atoms with van der Waals surface area (Å²) >= 11 is 1.77. The molecule has 1 amide bonds. The van der Waals surface area contributed by atoms with Crippen LogP contribution in [0.15, 0.2) is 5.38 Å². The van der Waals surface area contributed by atoms with E-state index in [4.69, 9.17) is 10.7 Å². The highest BCUT2D eigenvalue weighted by atomic mass is 35.5. The number of halogens is 2. The van der Waals surface area contributed by atoms with Gasteiger partial charge in [-0.15, -0.1) is 36.2 Å². The lowest BCUT2D eigenvalue weighted by Crippen LogP contribution is -2.44. The quantitative estimate of drug-likeness (QED) is 0.697. The summed E-state index contributed by atoms with van der Waals surface area (Å²) in [6.45, 7) is 6.76. The minimum absolute atomic E-state index is 0. The number of piperidine rings is 1. The summed E-state index contributed by atoms with van der Waals surface area (Å²) < 4.78 is 0. The molecule has 3 rings (SSSR count). The molecule has 2 N–H and O–H groups in total. The summed E-state index contributed by atoms with van der Waals surface area (Å²) in [6, 6.07) is 0. The summed E-state index contributed by atoms with van der Waals surface area (Å²) in [6.07, 6.45) is 8.87. The summed E-state index contributed by atoms with van der Waals surface area (Å²) in [5, 5.41) is 3.40. The highest BCUT2D eigenvalue weighted by molar-refractivity contribution is 7.09. The number of amides is 1. The Morgan fingerprint density at radius 1 is 1.30 bits per heavy atom. The average Bonchev–Trinajstić information content (AvgIpc) is 3.13. The van der Waals surface area contributed by atoms with Crippen LogP contribution in [0.5, 0.6) is 0 Å². The molecule has 0 radical (unpaired) electrons. The second-order valence-corrected chi connectivity index (χ2v) is 9.28. The molecule has 2 fully saturated rings. The standard InChI is InChI=1S/C20H33N3OS.2ClH/c1-15(2)17-13-25-19(22-17)16-7-6-10-23(12-16)18(24)11-20(14-21)8-4-3-5-9-20;;/h13,15-16H,3-12,14,21H2,1-2H3;2*1H. The highest BCUT2D eigenvalue weighted by Gasteiger charge is 2.36. The molecular formula is C20H35Cl2N3OS. The van der Waals surface area contributed by atoms with E-state index in [0.717, 1.165) is 38.8 Å². The summed E-state index contributed by atoms with van der Waals surface area (Å²) in [5.74, 6) is 1.20. The second kappa shape index (κ2) is 11.0. The van der Waals surface area contributed by atoms with Crippen LogP contribution in [0.25, 0.3) is 0 Å². The van der Waals surface area contributed by atoms with Crippen LogP contribution in [-0.4, -0.2) is 35.4 Å². The van der Waals surface area contributed by atoms with Gasteiger partial charge in [0.2, 0.25) is 5.91 Å². The molecule has 0 bridgehead atoms. The maximum atomic E-state index is 13.0. The molecule has 0 spiro atoms. The minimum atomic E-state index is 0. The van der Waals surface area contributed by atoms with Crippen LogP contribution in [0.4, 0.5) is 0 Å². The molecule has 1 unspecified atom stereocenters. The number of thiazole rings is 1. The second-order valence-electron chi connectivity index (χ2n) is 8.39. The number of hydrogen-bond donors (Lipinski definition) is 1. The van der Waals surface area contributed by atoms with E-state index in [1.54, 1.807) is 11.3 Å². The Labute approximate surface area is 180 Å². The van der Waals surface area contributed by atoms with Crippen LogP contribution < -0.4 is 5.73 Å². The van der Waals surface area contributed by atoms with Crippen LogP contribution in [0.1, 0.15) is 87.8 Å². The van der Waals surface area contributed by atoms with Gasteiger partial charge in [-0.25, -0.2) is 4.98 Å². The van der Waals surface area contributed by atoms with E-state index >= 15 is 0 Å². The van der Waals surface area contributed by atoms with Crippen molar-refractivity contribution in [3.63, 3.8) is 0 Å². The predicted octanol–water partition coefficient (Wildman–Crippen LogP) is 5.12. The molecule has 1 saturated heterocycles. The highest BCUT2D eigenvalue weighted by Crippen LogP contribution is 2.39. The smallest absolute Gasteiger partial charge is 0.223 e. The molecule has 2 heterocycles. The third kappa shape index (κ3) is 6.06. The van der Waals surface area contributed by atoms with Crippen molar-refractivity contribution < 1.29 is 4.79 Å². The first-order chi connectivity index (χ1) is 12.0. The molecule has 1 aromatic heterocycles. The van der Waals surface area contributed by atoms with Crippen molar-refractivity contribution in [2.75, 3.05) is 19.6 Å². The van der Waals surface area contributed by atoms with Crippen molar-refractivity contribution in [2.24, 2.45) is 11.1 Å². The van der Waals surface area contributed by atoms with Gasteiger partial charge in [-0.05, 0) is 43.6 Å². The molecule has 0 aromatic carbocycles. The zero-order valence-electron chi connectivity index (χ0n) is 16.6. The van der Waals surface area contributed by atoms with Crippen molar-refractivity contribution in [3.05, 3.63) is 16.1 Å². The molecule has 1 aliphatic carbocycles. The number of likely N-dealkylation sites (tertiary alicyclic amines) is 1. The fourth-order valence-corrected chi connectivity index (χ4v) is 5.46. The van der Waals surface area contributed by atoms with Gasteiger partial charge in [0, 0.05) is 30.8 Å². The fraction of sp³-hybridized carbons (Fsp3) is 0.800. The molecule has 156 valence electrons. The topological polar surface area (TPSA) is 59.2 Å². The van der Waals surface area contributed by atoms with E-state index in [9.17, 15) is 4.79 Å². The van der Waals surface area contributed by atoms with Gasteiger partial charge in [-0.2, -0.15) is 0 Å². The van der Waals surface area contributed by atoms with Crippen molar-refractivity contribution in [2.45, 2.75) is 77.0 Å². The summed E-state index contributed by atoms with van der Waals surface area (Å²) in [7, 11) is 0. The number of nitrogens with zero attached hydrogens (tertiary/aromatic N) is 2. The zero-order chi connectivity index (χ0) is 17.9. The predicted molar refractivity (Wildman–Crippen MR) is 118 cm³/mol. The summed E-state index contributed by atoms with van der Waals surface area (Å²) in [5.41, 5.74) is 7.34. The maximum absolute atomic E-state index is 13.0. The number of hydrogen-bond acceptors (Lipinski definition) is 4. The Kier molecular flexibility index (Phi) is 10.0. The van der Waals surface area contributed by atoms with E-state index in [1.807, 2.05) is 0 Å². The lowest BCUT2D eigenvalue weighted by molar-refractivity contribution is -0.135. The number of carbonyl (C=O) groups is 1. The first kappa shape index (κ1) is 24.7. The lowest BCUT2D eigenvalue weighted by Gasteiger charge is -2.39. The lowest BCUT2D eigenvalue weighted by atomic mass is 9.71. The Morgan fingerprint density at radius 2 is 2.00 bits per heavy atom. The molecule has 2 aliphatic rings. The van der Waals surface area contributed by atoms with Gasteiger partial charge in [-0.3, -0.25) is 4.79 Å². The van der Waals surface area contributed by atoms with E-state index in [-0.39, 0.29) is 30.2 Å². The Balaban J connectivity index is 0.00000182. The first-order valence-corrected chi connectivity index (χ1v) is 10.8. The molecular weight excluding hydrogens is 401 g/mol. The van der Waals surface area contributed by atoms with Crippen LogP contribution >= 0.6 is 36.2 Å².